The van der Waals surface area contributed by atoms with Gasteiger partial charge in [-0.05, 0) is 43.6 Å². The molecule has 30 heavy (non-hydrogen) atoms. The van der Waals surface area contributed by atoms with Crippen molar-refractivity contribution in [2.24, 2.45) is 5.41 Å². The number of aromatic hydroxyl groups is 1. The molecule has 2 N–H and O–H groups in total. The number of methoxy groups -OCH3 is 1. The summed E-state index contributed by atoms with van der Waals surface area (Å²) in [6, 6.07) is 7.46. The number of carbonyl (C=O) groups excluding carboxylic acids is 1. The molecular formula is C20H27F3N2O5. The highest BCUT2D eigenvalue weighted by molar-refractivity contribution is 5.77. The van der Waals surface area contributed by atoms with Crippen LogP contribution >= 0.6 is 0 Å². The highest BCUT2D eigenvalue weighted by atomic mass is 19.4. The zero-order valence-electron chi connectivity index (χ0n) is 16.8. The van der Waals surface area contributed by atoms with Crippen LogP contribution < -0.4 is 0 Å². The normalized spacial score (nSPS) is 18.3. The van der Waals surface area contributed by atoms with Crippen molar-refractivity contribution in [3.8, 4) is 5.75 Å². The smallest absolute Gasteiger partial charge is 0.490 e. The third-order valence-electron chi connectivity index (χ3n) is 5.43. The van der Waals surface area contributed by atoms with E-state index in [1.807, 2.05) is 17.0 Å². The van der Waals surface area contributed by atoms with Gasteiger partial charge in [0.2, 0.25) is 5.91 Å². The molecule has 1 aromatic rings. The Hall–Kier alpha value is -2.33. The van der Waals surface area contributed by atoms with Crippen molar-refractivity contribution in [2.75, 3.05) is 39.9 Å². The topological polar surface area (TPSA) is 90.3 Å². The third-order valence-corrected chi connectivity index (χ3v) is 5.43. The number of amides is 1. The van der Waals surface area contributed by atoms with E-state index in [0.717, 1.165) is 32.7 Å². The van der Waals surface area contributed by atoms with E-state index in [2.05, 4.69) is 4.90 Å². The molecule has 1 amide bonds. The number of phenolic OH excluding ortho intramolecular Hbond substituents is 1. The van der Waals surface area contributed by atoms with Crippen LogP contribution in [0.1, 0.15) is 24.8 Å². The van der Waals surface area contributed by atoms with Crippen LogP contribution in [0.5, 0.6) is 5.75 Å². The number of hydrogen-bond donors (Lipinski definition) is 2. The molecule has 2 aliphatic rings. The zero-order valence-corrected chi connectivity index (χ0v) is 16.8. The van der Waals surface area contributed by atoms with Gasteiger partial charge in [0.05, 0.1) is 13.0 Å². The predicted molar refractivity (Wildman–Crippen MR) is 102 cm³/mol. The van der Waals surface area contributed by atoms with E-state index in [1.165, 1.54) is 18.4 Å². The molecule has 3 rings (SSSR count). The van der Waals surface area contributed by atoms with Gasteiger partial charge in [-0.25, -0.2) is 4.79 Å². The van der Waals surface area contributed by atoms with Crippen LogP contribution in [0.25, 0.3) is 0 Å². The minimum Gasteiger partial charge on any atom is -0.508 e. The van der Waals surface area contributed by atoms with Gasteiger partial charge in [-0.1, -0.05) is 12.1 Å². The summed E-state index contributed by atoms with van der Waals surface area (Å²) in [5, 5.41) is 16.5. The number of benzene rings is 1. The minimum absolute atomic E-state index is 0.226. The zero-order chi connectivity index (χ0) is 22.4. The van der Waals surface area contributed by atoms with Crippen molar-refractivity contribution >= 4 is 11.9 Å². The number of aliphatic carboxylic acids is 1. The Kier molecular flexibility index (Phi) is 8.08. The van der Waals surface area contributed by atoms with E-state index in [1.54, 1.807) is 19.2 Å². The van der Waals surface area contributed by atoms with Crippen LogP contribution in [-0.2, 0) is 20.9 Å². The Balaban J connectivity index is 0.000000396. The molecule has 0 aliphatic carbocycles. The molecule has 0 bridgehead atoms. The van der Waals surface area contributed by atoms with Crippen molar-refractivity contribution in [1.29, 1.82) is 0 Å². The Labute approximate surface area is 173 Å². The van der Waals surface area contributed by atoms with Crippen LogP contribution in [0.15, 0.2) is 24.3 Å². The molecule has 2 saturated heterocycles. The molecule has 2 heterocycles. The number of alkyl halides is 3. The first-order valence-corrected chi connectivity index (χ1v) is 9.62. The van der Waals surface area contributed by atoms with Crippen molar-refractivity contribution in [1.82, 2.24) is 9.80 Å². The molecule has 1 aromatic carbocycles. The highest BCUT2D eigenvalue weighted by Gasteiger charge is 2.46. The number of carbonyl (C=O) groups is 2. The van der Waals surface area contributed by atoms with Crippen LogP contribution in [0, 0.1) is 5.41 Å². The van der Waals surface area contributed by atoms with E-state index < -0.39 is 12.1 Å². The number of carboxylic acids is 1. The molecule has 0 radical (unpaired) electrons. The quantitative estimate of drug-likeness (QED) is 0.743. The van der Waals surface area contributed by atoms with Crippen molar-refractivity contribution in [2.45, 2.75) is 32.0 Å². The molecule has 10 heteroatoms. The fraction of sp³-hybridized carbons (Fsp3) is 0.600. The van der Waals surface area contributed by atoms with Gasteiger partial charge >= 0.3 is 12.1 Å². The first-order chi connectivity index (χ1) is 14.0. The molecule has 2 fully saturated rings. The lowest BCUT2D eigenvalue weighted by Crippen LogP contribution is -2.61. The molecule has 1 spiro atoms. The Morgan fingerprint density at radius 3 is 2.13 bits per heavy atom. The summed E-state index contributed by atoms with van der Waals surface area (Å²) in [6.07, 6.45) is -2.25. The number of hydrogen-bond acceptors (Lipinski definition) is 5. The molecule has 0 unspecified atom stereocenters. The molecule has 0 atom stereocenters. The van der Waals surface area contributed by atoms with Gasteiger partial charge in [0.1, 0.15) is 5.75 Å². The standard InChI is InChI=1S/C18H26N2O3.C2HF3O2/c1-23-11-6-17(22)20-13-18(14-20)7-9-19(10-8-18)12-15-2-4-16(21)5-3-15;3-2(4,5)1(6)7/h2-5,21H,6-14H2,1H3;(H,6,7). The van der Waals surface area contributed by atoms with Crippen molar-refractivity contribution in [3.63, 3.8) is 0 Å². The van der Waals surface area contributed by atoms with Gasteiger partial charge in [0.25, 0.3) is 0 Å². The number of ether oxygens (including phenoxy) is 1. The molecule has 168 valence electrons. The van der Waals surface area contributed by atoms with E-state index in [4.69, 9.17) is 14.6 Å². The number of likely N-dealkylation sites (tertiary alicyclic amines) is 2. The monoisotopic (exact) mass is 432 g/mol. The summed E-state index contributed by atoms with van der Waals surface area (Å²) in [6.45, 7) is 5.46. The van der Waals surface area contributed by atoms with E-state index in [9.17, 15) is 23.1 Å². The van der Waals surface area contributed by atoms with Crippen LogP contribution in [0.2, 0.25) is 0 Å². The van der Waals surface area contributed by atoms with Crippen LogP contribution in [0.4, 0.5) is 13.2 Å². The first kappa shape index (κ1) is 23.9. The van der Waals surface area contributed by atoms with E-state index in [0.29, 0.717) is 24.2 Å². The second-order valence-electron chi connectivity index (χ2n) is 7.74. The molecular weight excluding hydrogens is 405 g/mol. The fourth-order valence-corrected chi connectivity index (χ4v) is 3.65. The summed E-state index contributed by atoms with van der Waals surface area (Å²) in [4.78, 5) is 25.3. The summed E-state index contributed by atoms with van der Waals surface area (Å²) in [7, 11) is 1.63. The second-order valence-corrected chi connectivity index (χ2v) is 7.74. The SMILES string of the molecule is COCCC(=O)N1CC2(CCN(Cc3ccc(O)cc3)CC2)C1.O=C(O)C(F)(F)F. The Bertz CT molecular complexity index is 708. The number of rotatable bonds is 5. The largest absolute Gasteiger partial charge is 0.508 e. The number of nitrogens with zero attached hydrogens (tertiary/aromatic N) is 2. The summed E-state index contributed by atoms with van der Waals surface area (Å²) in [5.74, 6) is -2.21. The molecule has 2 aliphatic heterocycles. The maximum Gasteiger partial charge on any atom is 0.490 e. The number of phenols is 1. The lowest BCUT2D eigenvalue weighted by atomic mass is 9.72. The van der Waals surface area contributed by atoms with Gasteiger partial charge in [-0.3, -0.25) is 9.69 Å². The fourth-order valence-electron chi connectivity index (χ4n) is 3.65. The number of piperidine rings is 1. The second kappa shape index (κ2) is 10.1. The number of halogens is 3. The highest BCUT2D eigenvalue weighted by Crippen LogP contribution is 2.40. The summed E-state index contributed by atoms with van der Waals surface area (Å²) in [5.41, 5.74) is 1.59. The van der Waals surface area contributed by atoms with Gasteiger partial charge in [0.15, 0.2) is 0 Å². The average Bonchev–Trinajstić information content (AvgIpc) is 2.66. The molecule has 0 saturated carbocycles. The first-order valence-electron chi connectivity index (χ1n) is 9.62. The Morgan fingerprint density at radius 2 is 1.67 bits per heavy atom. The van der Waals surface area contributed by atoms with Gasteiger partial charge in [-0.15, -0.1) is 0 Å². The predicted octanol–water partition coefficient (Wildman–Crippen LogP) is 2.49. The van der Waals surface area contributed by atoms with Gasteiger partial charge in [-0.2, -0.15) is 13.2 Å². The third kappa shape index (κ3) is 6.88. The van der Waals surface area contributed by atoms with Crippen LogP contribution in [-0.4, -0.2) is 78.0 Å². The van der Waals surface area contributed by atoms with Crippen molar-refractivity contribution < 1.29 is 37.7 Å². The number of carboxylic acid groups (broad SMARTS) is 1. The average molecular weight is 432 g/mol. The van der Waals surface area contributed by atoms with Crippen LogP contribution in [0.3, 0.4) is 0 Å². The van der Waals surface area contributed by atoms with E-state index in [-0.39, 0.29) is 5.91 Å². The minimum atomic E-state index is -5.08. The Morgan fingerprint density at radius 1 is 1.13 bits per heavy atom. The van der Waals surface area contributed by atoms with Crippen molar-refractivity contribution in [3.05, 3.63) is 29.8 Å². The maximum absolute atomic E-state index is 12.0. The maximum atomic E-state index is 12.0. The molecule has 0 aromatic heterocycles. The summed E-state index contributed by atoms with van der Waals surface area (Å²) < 4.78 is 36.7. The van der Waals surface area contributed by atoms with E-state index >= 15 is 0 Å². The lowest BCUT2D eigenvalue weighted by Gasteiger charge is -2.54. The molecule has 7 nitrogen and oxygen atoms in total. The summed E-state index contributed by atoms with van der Waals surface area (Å²) >= 11 is 0. The van der Waals surface area contributed by atoms with Gasteiger partial charge < -0.3 is 19.8 Å². The lowest BCUT2D eigenvalue weighted by molar-refractivity contribution is -0.192. The van der Waals surface area contributed by atoms with Gasteiger partial charge in [0, 0.05) is 32.2 Å².